The lowest BCUT2D eigenvalue weighted by molar-refractivity contribution is 0.539. The van der Waals surface area contributed by atoms with Gasteiger partial charge in [-0.3, -0.25) is 0 Å². The van der Waals surface area contributed by atoms with E-state index in [9.17, 15) is 4.39 Å². The summed E-state index contributed by atoms with van der Waals surface area (Å²) in [5.41, 5.74) is 6.20. The summed E-state index contributed by atoms with van der Waals surface area (Å²) in [5, 5.41) is 0.689. The monoisotopic (exact) mass is 377 g/mol. The molecule has 2 heterocycles. The molecule has 134 valence electrons. The molecule has 0 amide bonds. The highest BCUT2D eigenvalue weighted by Gasteiger charge is 2.29. The van der Waals surface area contributed by atoms with Crippen molar-refractivity contribution in [3.63, 3.8) is 0 Å². The quantitative estimate of drug-likeness (QED) is 0.517. The van der Waals surface area contributed by atoms with Crippen LogP contribution in [0, 0.1) is 6.08 Å². The molecule has 0 radical (unpaired) electrons. The van der Waals surface area contributed by atoms with Gasteiger partial charge in [-0.15, -0.1) is 0 Å². The van der Waals surface area contributed by atoms with Gasteiger partial charge in [0.15, 0.2) is 0 Å². The van der Waals surface area contributed by atoms with Crippen LogP contribution in [0.1, 0.15) is 24.5 Å². The van der Waals surface area contributed by atoms with E-state index in [0.717, 1.165) is 40.2 Å². The highest BCUT2D eigenvalue weighted by Crippen LogP contribution is 2.46. The van der Waals surface area contributed by atoms with E-state index in [2.05, 4.69) is 28.4 Å². The molecule has 0 bridgehead atoms. The standard InChI is InChI=1S/C22H17ClFN3/c1-3-19-21(23)18-11-7-10-17(15-12-25-22(24)26-13-15)20(18)14(2)27(19)16-8-5-4-6-9-16/h4-13H,2-3H2,1H3. The molecular weight excluding hydrogens is 361 g/mol. The Morgan fingerprint density at radius 2 is 1.67 bits per heavy atom. The molecule has 0 unspecified atom stereocenters. The second-order valence-electron chi connectivity index (χ2n) is 6.20. The van der Waals surface area contributed by atoms with Crippen molar-refractivity contribution in [1.82, 2.24) is 9.97 Å². The van der Waals surface area contributed by atoms with Crippen LogP contribution in [0.3, 0.4) is 0 Å². The van der Waals surface area contributed by atoms with Crippen LogP contribution in [0.2, 0.25) is 0 Å². The van der Waals surface area contributed by atoms with Crippen LogP contribution in [-0.4, -0.2) is 9.97 Å². The minimum absolute atomic E-state index is 0.689. The van der Waals surface area contributed by atoms with Crippen molar-refractivity contribution >= 4 is 28.0 Å². The third-order valence-corrected chi connectivity index (χ3v) is 5.09. The van der Waals surface area contributed by atoms with Crippen molar-refractivity contribution in [3.8, 4) is 11.1 Å². The van der Waals surface area contributed by atoms with Gasteiger partial charge in [-0.1, -0.05) is 61.5 Å². The van der Waals surface area contributed by atoms with Crippen molar-refractivity contribution in [2.75, 3.05) is 4.90 Å². The number of hydrogen-bond donors (Lipinski definition) is 0. The second kappa shape index (κ2) is 6.97. The van der Waals surface area contributed by atoms with E-state index in [1.54, 1.807) is 0 Å². The van der Waals surface area contributed by atoms with Crippen molar-refractivity contribution < 1.29 is 4.39 Å². The lowest BCUT2D eigenvalue weighted by Crippen LogP contribution is -2.25. The number of allylic oxidation sites excluding steroid dienone is 1. The number of aromatic nitrogens is 2. The number of rotatable bonds is 3. The summed E-state index contributed by atoms with van der Waals surface area (Å²) in [4.78, 5) is 9.46. The van der Waals surface area contributed by atoms with Gasteiger partial charge in [0.25, 0.3) is 0 Å². The van der Waals surface area contributed by atoms with Crippen LogP contribution in [0.4, 0.5) is 10.1 Å². The zero-order chi connectivity index (χ0) is 19.0. The van der Waals surface area contributed by atoms with Crippen molar-refractivity contribution in [3.05, 3.63) is 90.4 Å². The van der Waals surface area contributed by atoms with Gasteiger partial charge in [0.05, 0.1) is 5.03 Å². The lowest BCUT2D eigenvalue weighted by atomic mass is 9.90. The van der Waals surface area contributed by atoms with E-state index < -0.39 is 6.08 Å². The molecule has 0 saturated heterocycles. The van der Waals surface area contributed by atoms with E-state index in [0.29, 0.717) is 10.6 Å². The summed E-state index contributed by atoms with van der Waals surface area (Å²) in [7, 11) is 0. The molecule has 0 spiro atoms. The maximum atomic E-state index is 13.2. The fourth-order valence-corrected chi connectivity index (χ4v) is 3.84. The highest BCUT2D eigenvalue weighted by atomic mass is 35.5. The summed E-state index contributed by atoms with van der Waals surface area (Å²) in [6.07, 6.45) is 2.96. The maximum Gasteiger partial charge on any atom is 0.308 e. The van der Waals surface area contributed by atoms with E-state index in [4.69, 9.17) is 11.6 Å². The number of anilines is 1. The summed E-state index contributed by atoms with van der Waals surface area (Å²) < 4.78 is 13.2. The Labute approximate surface area is 162 Å². The fourth-order valence-electron chi connectivity index (χ4n) is 3.47. The van der Waals surface area contributed by atoms with Gasteiger partial charge in [0.2, 0.25) is 0 Å². The average molecular weight is 378 g/mol. The predicted octanol–water partition coefficient (Wildman–Crippen LogP) is 6.09. The third-order valence-electron chi connectivity index (χ3n) is 4.66. The Hall–Kier alpha value is -2.98. The van der Waals surface area contributed by atoms with Crippen molar-refractivity contribution in [2.45, 2.75) is 13.3 Å². The van der Waals surface area contributed by atoms with Gasteiger partial charge in [0.1, 0.15) is 0 Å². The molecule has 0 N–H and O–H groups in total. The van der Waals surface area contributed by atoms with E-state index in [-0.39, 0.29) is 0 Å². The summed E-state index contributed by atoms with van der Waals surface area (Å²) in [6.45, 7) is 6.44. The predicted molar refractivity (Wildman–Crippen MR) is 108 cm³/mol. The molecule has 0 fully saturated rings. The number of halogens is 2. The molecule has 0 atom stereocenters. The maximum absolute atomic E-state index is 13.2. The SMILES string of the molecule is C=C1c2c(cccc2-c2cnc(F)nc2)C(Cl)=C(CC)N1c1ccccc1. The van der Waals surface area contributed by atoms with Crippen molar-refractivity contribution in [2.24, 2.45) is 0 Å². The van der Waals surface area contributed by atoms with Crippen LogP contribution in [0.15, 0.2) is 73.2 Å². The van der Waals surface area contributed by atoms with Crippen LogP contribution < -0.4 is 4.90 Å². The number of benzene rings is 2. The van der Waals surface area contributed by atoms with E-state index in [1.165, 1.54) is 12.4 Å². The average Bonchev–Trinajstić information content (AvgIpc) is 2.71. The van der Waals surface area contributed by atoms with Gasteiger partial charge in [-0.2, -0.15) is 4.39 Å². The molecule has 1 aliphatic rings. The Bertz CT molecular complexity index is 1040. The molecule has 1 aliphatic heterocycles. The molecule has 4 rings (SSSR count). The highest BCUT2D eigenvalue weighted by molar-refractivity contribution is 6.50. The summed E-state index contributed by atoms with van der Waals surface area (Å²) >= 11 is 6.81. The smallest absolute Gasteiger partial charge is 0.308 e. The minimum atomic E-state index is -0.750. The van der Waals surface area contributed by atoms with E-state index >= 15 is 0 Å². The second-order valence-corrected chi connectivity index (χ2v) is 6.58. The topological polar surface area (TPSA) is 29.0 Å². The Kier molecular flexibility index (Phi) is 4.50. The van der Waals surface area contributed by atoms with Crippen molar-refractivity contribution in [1.29, 1.82) is 0 Å². The van der Waals surface area contributed by atoms with Gasteiger partial charge in [-0.25, -0.2) is 9.97 Å². The Morgan fingerprint density at radius 1 is 1.00 bits per heavy atom. The molecule has 3 aromatic rings. The molecule has 3 nitrogen and oxygen atoms in total. The number of hydrogen-bond acceptors (Lipinski definition) is 3. The Balaban J connectivity index is 1.96. The molecule has 1 aromatic heterocycles. The van der Waals surface area contributed by atoms with Crippen LogP contribution in [-0.2, 0) is 0 Å². The van der Waals surface area contributed by atoms with Gasteiger partial charge < -0.3 is 4.90 Å². The minimum Gasteiger partial charge on any atom is -0.313 e. The third kappa shape index (κ3) is 2.92. The first kappa shape index (κ1) is 17.4. The molecule has 2 aromatic carbocycles. The van der Waals surface area contributed by atoms with Crippen LogP contribution >= 0.6 is 11.6 Å². The van der Waals surface area contributed by atoms with E-state index in [1.807, 2.05) is 48.5 Å². The number of fused-ring (bicyclic) bond motifs is 1. The molecular formula is C22H17ClFN3. The summed E-state index contributed by atoms with van der Waals surface area (Å²) in [6, 6.07) is 15.9. The van der Waals surface area contributed by atoms with Gasteiger partial charge in [0, 0.05) is 46.2 Å². The lowest BCUT2D eigenvalue weighted by Gasteiger charge is -2.36. The number of para-hydroxylation sites is 1. The van der Waals surface area contributed by atoms with Gasteiger partial charge in [-0.05, 0) is 24.1 Å². The first-order valence-corrected chi connectivity index (χ1v) is 9.04. The Morgan fingerprint density at radius 3 is 2.33 bits per heavy atom. The summed E-state index contributed by atoms with van der Waals surface area (Å²) in [5.74, 6) is 0. The molecule has 0 saturated carbocycles. The normalized spacial score (nSPS) is 13.7. The molecule has 5 heteroatoms. The molecule has 0 aliphatic carbocycles. The fraction of sp³-hybridized carbons (Fsp3) is 0.0909. The molecule has 27 heavy (non-hydrogen) atoms. The zero-order valence-corrected chi connectivity index (χ0v) is 15.5. The van der Waals surface area contributed by atoms with Crippen LogP contribution in [0.5, 0.6) is 0 Å². The zero-order valence-electron chi connectivity index (χ0n) is 14.8. The first-order chi connectivity index (χ1) is 13.1. The number of nitrogens with zero attached hydrogens (tertiary/aromatic N) is 3. The van der Waals surface area contributed by atoms with Gasteiger partial charge >= 0.3 is 6.08 Å². The van der Waals surface area contributed by atoms with Crippen LogP contribution in [0.25, 0.3) is 21.9 Å². The first-order valence-electron chi connectivity index (χ1n) is 8.66. The largest absolute Gasteiger partial charge is 0.313 e.